The lowest BCUT2D eigenvalue weighted by atomic mass is 10.3. The fourth-order valence-electron chi connectivity index (χ4n) is 1.21. The Hall–Kier alpha value is -1.69. The third kappa shape index (κ3) is 2.71. The summed E-state index contributed by atoms with van der Waals surface area (Å²) in [5.41, 5.74) is -0.107. The molecule has 17 heavy (non-hydrogen) atoms. The van der Waals surface area contributed by atoms with Crippen molar-refractivity contribution >= 4 is 27.5 Å². The Morgan fingerprint density at radius 3 is 2.59 bits per heavy atom. The quantitative estimate of drug-likeness (QED) is 0.921. The minimum absolute atomic E-state index is 0.0283. The summed E-state index contributed by atoms with van der Waals surface area (Å²) in [5.74, 6) is -2.13. The highest BCUT2D eigenvalue weighted by Gasteiger charge is 2.13. The molecular weight excluding hydrogens is 296 g/mol. The van der Waals surface area contributed by atoms with Gasteiger partial charge in [-0.25, -0.2) is 8.78 Å². The van der Waals surface area contributed by atoms with Gasteiger partial charge >= 0.3 is 0 Å². The molecule has 2 rings (SSSR count). The summed E-state index contributed by atoms with van der Waals surface area (Å²) in [7, 11) is 0. The Morgan fingerprint density at radius 1 is 1.24 bits per heavy atom. The fraction of sp³-hybridized carbons (Fsp3) is 0. The number of furan rings is 1. The number of hydrogen-bond acceptors (Lipinski definition) is 2. The number of rotatable bonds is 2. The van der Waals surface area contributed by atoms with Crippen LogP contribution in [0.15, 0.2) is 39.4 Å². The summed E-state index contributed by atoms with van der Waals surface area (Å²) in [5, 5.41) is 2.27. The normalized spacial score (nSPS) is 10.3. The lowest BCUT2D eigenvalue weighted by molar-refractivity contribution is 0.0995. The number of carbonyl (C=O) groups is 1. The van der Waals surface area contributed by atoms with Gasteiger partial charge in [0.1, 0.15) is 11.6 Å². The Kier molecular flexibility index (Phi) is 3.23. The molecular formula is C11H6BrF2NO2. The number of benzene rings is 1. The predicted octanol–water partition coefficient (Wildman–Crippen LogP) is 3.57. The zero-order valence-electron chi connectivity index (χ0n) is 8.34. The highest BCUT2D eigenvalue weighted by atomic mass is 79.9. The van der Waals surface area contributed by atoms with Crippen LogP contribution in [0, 0.1) is 11.6 Å². The first-order valence-corrected chi connectivity index (χ1v) is 5.37. The number of halogens is 3. The van der Waals surface area contributed by atoms with Crippen LogP contribution in [-0.4, -0.2) is 5.91 Å². The first kappa shape index (κ1) is 11.8. The van der Waals surface area contributed by atoms with E-state index in [1.54, 1.807) is 0 Å². The number of carbonyl (C=O) groups excluding carboxylic acids is 1. The second-order valence-electron chi connectivity index (χ2n) is 3.18. The van der Waals surface area contributed by atoms with Crippen LogP contribution in [0.2, 0.25) is 0 Å². The molecule has 2 aromatic rings. The van der Waals surface area contributed by atoms with Crippen LogP contribution in [0.4, 0.5) is 14.5 Å². The smallest absolute Gasteiger partial charge is 0.291 e. The van der Waals surface area contributed by atoms with Crippen molar-refractivity contribution in [2.75, 3.05) is 5.32 Å². The van der Waals surface area contributed by atoms with Gasteiger partial charge in [-0.3, -0.25) is 4.79 Å². The monoisotopic (exact) mass is 301 g/mol. The van der Waals surface area contributed by atoms with Crippen molar-refractivity contribution in [1.29, 1.82) is 0 Å². The molecule has 0 bridgehead atoms. The molecule has 1 aromatic heterocycles. The van der Waals surface area contributed by atoms with Gasteiger partial charge in [-0.15, -0.1) is 0 Å². The third-order valence-electron chi connectivity index (χ3n) is 1.98. The highest BCUT2D eigenvalue weighted by molar-refractivity contribution is 9.10. The van der Waals surface area contributed by atoms with Crippen molar-refractivity contribution in [3.05, 3.63) is 52.4 Å². The SMILES string of the molecule is O=C(Nc1ccc(F)cc1F)c1ccc(Br)o1. The topological polar surface area (TPSA) is 42.2 Å². The average molecular weight is 302 g/mol. The molecule has 1 N–H and O–H groups in total. The van der Waals surface area contributed by atoms with E-state index >= 15 is 0 Å². The Balaban J connectivity index is 2.18. The molecule has 6 heteroatoms. The lowest BCUT2D eigenvalue weighted by Gasteiger charge is -2.04. The second kappa shape index (κ2) is 4.67. The van der Waals surface area contributed by atoms with E-state index in [0.717, 1.165) is 12.1 Å². The van der Waals surface area contributed by atoms with Crippen molar-refractivity contribution in [3.63, 3.8) is 0 Å². The number of anilines is 1. The predicted molar refractivity (Wildman–Crippen MR) is 60.7 cm³/mol. The summed E-state index contributed by atoms with van der Waals surface area (Å²) in [6.07, 6.45) is 0. The van der Waals surface area contributed by atoms with Crippen molar-refractivity contribution < 1.29 is 18.0 Å². The van der Waals surface area contributed by atoms with Crippen LogP contribution in [0.5, 0.6) is 0 Å². The van der Waals surface area contributed by atoms with Gasteiger partial charge in [-0.05, 0) is 40.2 Å². The molecule has 0 unspecified atom stereocenters. The van der Waals surface area contributed by atoms with Crippen LogP contribution >= 0.6 is 15.9 Å². The van der Waals surface area contributed by atoms with Crippen LogP contribution in [-0.2, 0) is 0 Å². The second-order valence-corrected chi connectivity index (χ2v) is 3.96. The zero-order chi connectivity index (χ0) is 12.4. The van der Waals surface area contributed by atoms with Crippen LogP contribution < -0.4 is 5.32 Å². The molecule has 3 nitrogen and oxygen atoms in total. The van der Waals surface area contributed by atoms with E-state index < -0.39 is 17.5 Å². The van der Waals surface area contributed by atoms with E-state index in [4.69, 9.17) is 4.42 Å². The molecule has 1 heterocycles. The summed E-state index contributed by atoms with van der Waals surface area (Å²) in [6.45, 7) is 0. The summed E-state index contributed by atoms with van der Waals surface area (Å²) in [6, 6.07) is 5.85. The van der Waals surface area contributed by atoms with Crippen LogP contribution in [0.3, 0.4) is 0 Å². The van der Waals surface area contributed by atoms with E-state index in [1.807, 2.05) is 0 Å². The average Bonchev–Trinajstić information content (AvgIpc) is 2.69. The minimum Gasteiger partial charge on any atom is -0.444 e. The van der Waals surface area contributed by atoms with Gasteiger partial charge in [0.05, 0.1) is 5.69 Å². The van der Waals surface area contributed by atoms with E-state index in [2.05, 4.69) is 21.2 Å². The van der Waals surface area contributed by atoms with E-state index in [-0.39, 0.29) is 11.4 Å². The van der Waals surface area contributed by atoms with Crippen LogP contribution in [0.25, 0.3) is 0 Å². The highest BCUT2D eigenvalue weighted by Crippen LogP contribution is 2.18. The molecule has 0 radical (unpaired) electrons. The van der Waals surface area contributed by atoms with Gasteiger partial charge in [0.15, 0.2) is 10.4 Å². The van der Waals surface area contributed by atoms with Crippen molar-refractivity contribution in [3.8, 4) is 0 Å². The maximum atomic E-state index is 13.2. The van der Waals surface area contributed by atoms with Crippen LogP contribution in [0.1, 0.15) is 10.6 Å². The maximum absolute atomic E-state index is 13.2. The lowest BCUT2D eigenvalue weighted by Crippen LogP contribution is -2.12. The summed E-state index contributed by atoms with van der Waals surface area (Å²) >= 11 is 3.04. The maximum Gasteiger partial charge on any atom is 0.291 e. The number of hydrogen-bond donors (Lipinski definition) is 1. The molecule has 0 saturated heterocycles. The molecule has 0 aliphatic rings. The zero-order valence-corrected chi connectivity index (χ0v) is 9.92. The molecule has 88 valence electrons. The molecule has 0 aliphatic heterocycles. The molecule has 0 fully saturated rings. The van der Waals surface area contributed by atoms with E-state index in [9.17, 15) is 13.6 Å². The molecule has 0 atom stereocenters. The van der Waals surface area contributed by atoms with Gasteiger partial charge in [0, 0.05) is 6.07 Å². The fourth-order valence-corrected chi connectivity index (χ4v) is 1.52. The van der Waals surface area contributed by atoms with Gasteiger partial charge in [-0.1, -0.05) is 0 Å². The first-order chi connectivity index (χ1) is 8.06. The Bertz CT molecular complexity index is 568. The van der Waals surface area contributed by atoms with E-state index in [1.165, 1.54) is 12.1 Å². The van der Waals surface area contributed by atoms with Gasteiger partial charge in [0.2, 0.25) is 0 Å². The van der Waals surface area contributed by atoms with Crippen molar-refractivity contribution in [2.24, 2.45) is 0 Å². The van der Waals surface area contributed by atoms with Gasteiger partial charge < -0.3 is 9.73 Å². The molecule has 0 saturated carbocycles. The van der Waals surface area contributed by atoms with Gasteiger partial charge in [-0.2, -0.15) is 0 Å². The van der Waals surface area contributed by atoms with Gasteiger partial charge in [0.25, 0.3) is 5.91 Å². The molecule has 0 aliphatic carbocycles. The first-order valence-electron chi connectivity index (χ1n) is 4.58. The molecule has 0 spiro atoms. The van der Waals surface area contributed by atoms with Crippen molar-refractivity contribution in [2.45, 2.75) is 0 Å². The largest absolute Gasteiger partial charge is 0.444 e. The Labute approximate surface area is 104 Å². The van der Waals surface area contributed by atoms with Crippen molar-refractivity contribution in [1.82, 2.24) is 0 Å². The standard InChI is InChI=1S/C11H6BrF2NO2/c12-10-4-3-9(17-10)11(16)15-8-2-1-6(13)5-7(8)14/h1-5H,(H,15,16). The summed E-state index contributed by atoms with van der Waals surface area (Å²) < 4.78 is 31.3. The summed E-state index contributed by atoms with van der Waals surface area (Å²) in [4.78, 5) is 11.6. The van der Waals surface area contributed by atoms with E-state index in [0.29, 0.717) is 10.7 Å². The number of nitrogens with one attached hydrogen (secondary N) is 1. The minimum atomic E-state index is -0.844. The Morgan fingerprint density at radius 2 is 2.00 bits per heavy atom. The third-order valence-corrected chi connectivity index (χ3v) is 2.40. The molecule has 1 aromatic carbocycles. The number of amides is 1. The molecule has 1 amide bonds.